The van der Waals surface area contributed by atoms with Crippen LogP contribution in [0.25, 0.3) is 0 Å². The Morgan fingerprint density at radius 3 is 2.41 bits per heavy atom. The number of amides is 4. The number of hydrogen-bond donors (Lipinski definition) is 2. The number of piperazine rings is 1. The monoisotopic (exact) mass is 631 g/mol. The molecule has 0 spiro atoms. The largest absolute Gasteiger partial charge is 0.483 e. The van der Waals surface area contributed by atoms with Gasteiger partial charge in [-0.25, -0.2) is 0 Å². The smallest absolute Gasteiger partial charge is 0.258 e. The highest BCUT2D eigenvalue weighted by molar-refractivity contribution is 6.00. The third-order valence-electron chi connectivity index (χ3n) is 9.47. The highest BCUT2D eigenvalue weighted by atomic mass is 16.5. The van der Waals surface area contributed by atoms with Crippen LogP contribution in [-0.2, 0) is 20.8 Å². The highest BCUT2D eigenvalue weighted by Crippen LogP contribution is 2.34. The minimum Gasteiger partial charge on any atom is -0.483 e. The zero-order valence-corrected chi connectivity index (χ0v) is 27.7. The lowest BCUT2D eigenvalue weighted by molar-refractivity contribution is -0.146. The summed E-state index contributed by atoms with van der Waals surface area (Å²) in [6, 6.07) is 15.9. The molecule has 10 heteroatoms. The lowest BCUT2D eigenvalue weighted by Crippen LogP contribution is -2.59. The Hall–Kier alpha value is -3.92. The Bertz CT molecular complexity index is 1390. The summed E-state index contributed by atoms with van der Waals surface area (Å²) < 4.78 is 5.76. The zero-order valence-electron chi connectivity index (χ0n) is 27.7. The van der Waals surface area contributed by atoms with Crippen LogP contribution in [0.2, 0.25) is 0 Å². The third-order valence-corrected chi connectivity index (χ3v) is 9.47. The van der Waals surface area contributed by atoms with Crippen molar-refractivity contribution in [3.63, 3.8) is 0 Å². The Morgan fingerprint density at radius 2 is 1.70 bits per heavy atom. The van der Waals surface area contributed by atoms with Crippen molar-refractivity contribution in [1.29, 1.82) is 0 Å². The Labute approximate surface area is 272 Å². The van der Waals surface area contributed by atoms with E-state index >= 15 is 0 Å². The number of para-hydroxylation sites is 1. The number of likely N-dealkylation sites (N-methyl/N-ethyl adjacent to an activating group) is 1. The van der Waals surface area contributed by atoms with Gasteiger partial charge in [-0.1, -0.05) is 56.3 Å². The van der Waals surface area contributed by atoms with Crippen LogP contribution < -0.4 is 15.4 Å². The molecule has 2 aromatic rings. The molecule has 3 fully saturated rings. The molecule has 0 bridgehead atoms. The average molecular weight is 632 g/mol. The van der Waals surface area contributed by atoms with E-state index in [-0.39, 0.29) is 53.1 Å². The molecule has 2 aromatic carbocycles. The van der Waals surface area contributed by atoms with Crippen molar-refractivity contribution >= 4 is 23.6 Å². The standard InChI is InChI=1S/C36H49N5O5/c1-25(2)21-29(37-33(43)28-13-8-9-15-31(28)46-24-32(42)38-36(3)16-17-36)34(44)41-18-10-14-30(41)35(45)40-20-19-39(4)27(23-40)22-26-11-6-5-7-12-26/h5-9,11-13,15,25,27,29-30H,10,14,16-24H2,1-4H3,(H,37,43)(H,38,42)/t27-,29+,30+/m0/s1. The molecule has 1 aliphatic carbocycles. The van der Waals surface area contributed by atoms with Gasteiger partial charge in [0.15, 0.2) is 6.61 Å². The fraction of sp³-hybridized carbons (Fsp3) is 0.556. The third kappa shape index (κ3) is 8.46. The predicted molar refractivity (Wildman–Crippen MR) is 176 cm³/mol. The molecule has 0 unspecified atom stereocenters. The lowest BCUT2D eigenvalue weighted by atomic mass is 10.0. The molecule has 46 heavy (non-hydrogen) atoms. The second-order valence-electron chi connectivity index (χ2n) is 13.8. The molecule has 248 valence electrons. The number of hydrogen-bond acceptors (Lipinski definition) is 6. The molecule has 2 aliphatic heterocycles. The van der Waals surface area contributed by atoms with Crippen LogP contribution in [0.4, 0.5) is 0 Å². The van der Waals surface area contributed by atoms with E-state index in [1.807, 2.05) is 43.9 Å². The van der Waals surface area contributed by atoms with Gasteiger partial charge in [-0.3, -0.25) is 24.1 Å². The van der Waals surface area contributed by atoms with Crippen LogP contribution in [0.5, 0.6) is 5.75 Å². The maximum Gasteiger partial charge on any atom is 0.258 e. The molecule has 10 nitrogen and oxygen atoms in total. The van der Waals surface area contributed by atoms with Gasteiger partial charge < -0.3 is 25.2 Å². The number of nitrogens with one attached hydrogen (secondary N) is 2. The molecule has 3 aliphatic rings. The van der Waals surface area contributed by atoms with Crippen LogP contribution in [0, 0.1) is 5.92 Å². The van der Waals surface area contributed by atoms with Gasteiger partial charge in [0, 0.05) is 37.8 Å². The summed E-state index contributed by atoms with van der Waals surface area (Å²) in [6.07, 6.45) is 4.52. The molecular weight excluding hydrogens is 582 g/mol. The molecule has 1 saturated carbocycles. The normalized spacial score (nSPS) is 21.5. The van der Waals surface area contributed by atoms with Gasteiger partial charge in [0.05, 0.1) is 5.56 Å². The topological polar surface area (TPSA) is 111 Å². The van der Waals surface area contributed by atoms with E-state index in [4.69, 9.17) is 4.74 Å². The van der Waals surface area contributed by atoms with Crippen molar-refractivity contribution in [3.8, 4) is 5.75 Å². The van der Waals surface area contributed by atoms with Crippen molar-refractivity contribution in [2.45, 2.75) is 83.0 Å². The Balaban J connectivity index is 1.24. The second-order valence-corrected chi connectivity index (χ2v) is 13.8. The summed E-state index contributed by atoms with van der Waals surface area (Å²) in [7, 11) is 2.10. The van der Waals surface area contributed by atoms with Crippen LogP contribution in [0.15, 0.2) is 54.6 Å². The van der Waals surface area contributed by atoms with Crippen molar-refractivity contribution in [2.24, 2.45) is 5.92 Å². The van der Waals surface area contributed by atoms with Crippen LogP contribution in [-0.4, -0.2) is 102 Å². The van der Waals surface area contributed by atoms with Gasteiger partial charge in [0.1, 0.15) is 17.8 Å². The molecular formula is C36H49N5O5. The molecule has 0 aromatic heterocycles. The molecule has 3 atom stereocenters. The van der Waals surface area contributed by atoms with Gasteiger partial charge in [0.2, 0.25) is 11.8 Å². The van der Waals surface area contributed by atoms with Crippen LogP contribution in [0.1, 0.15) is 68.8 Å². The first-order chi connectivity index (χ1) is 22.0. The Kier molecular flexibility index (Phi) is 10.7. The average Bonchev–Trinajstić information content (AvgIpc) is 3.55. The minimum atomic E-state index is -0.801. The van der Waals surface area contributed by atoms with Crippen LogP contribution >= 0.6 is 0 Å². The minimum absolute atomic E-state index is 0.0104. The molecule has 4 amide bonds. The molecule has 5 rings (SSSR count). The summed E-state index contributed by atoms with van der Waals surface area (Å²) in [5, 5.41) is 5.91. The molecule has 2 N–H and O–H groups in total. The molecule has 2 heterocycles. The van der Waals surface area contributed by atoms with E-state index in [1.54, 1.807) is 29.2 Å². The van der Waals surface area contributed by atoms with Crippen molar-refractivity contribution < 1.29 is 23.9 Å². The molecule has 0 radical (unpaired) electrons. The van der Waals surface area contributed by atoms with E-state index in [0.29, 0.717) is 32.5 Å². The summed E-state index contributed by atoms with van der Waals surface area (Å²) >= 11 is 0. The van der Waals surface area contributed by atoms with Crippen molar-refractivity contribution in [1.82, 2.24) is 25.3 Å². The summed E-state index contributed by atoms with van der Waals surface area (Å²) in [4.78, 5) is 59.9. The summed E-state index contributed by atoms with van der Waals surface area (Å²) in [5.74, 6) is -0.525. The van der Waals surface area contributed by atoms with E-state index in [1.165, 1.54) is 5.56 Å². The number of nitrogens with zero attached hydrogens (tertiary/aromatic N) is 3. The maximum atomic E-state index is 14.1. The van der Waals surface area contributed by atoms with E-state index in [0.717, 1.165) is 32.2 Å². The van der Waals surface area contributed by atoms with Gasteiger partial charge in [-0.2, -0.15) is 0 Å². The SMILES string of the molecule is CC(C)C[C@@H](NC(=O)c1ccccc1OCC(=O)NC1(C)CC1)C(=O)N1CCC[C@@H]1C(=O)N1CCN(C)[C@@H](Cc2ccccc2)C1. The first kappa shape index (κ1) is 33.4. The van der Waals surface area contributed by atoms with Gasteiger partial charge in [0.25, 0.3) is 11.8 Å². The van der Waals surface area contributed by atoms with E-state index < -0.39 is 18.0 Å². The van der Waals surface area contributed by atoms with E-state index in [2.05, 4.69) is 34.7 Å². The first-order valence-corrected chi connectivity index (χ1v) is 16.7. The predicted octanol–water partition coefficient (Wildman–Crippen LogP) is 3.25. The van der Waals surface area contributed by atoms with Crippen LogP contribution in [0.3, 0.4) is 0 Å². The first-order valence-electron chi connectivity index (χ1n) is 16.7. The highest BCUT2D eigenvalue weighted by Gasteiger charge is 2.41. The fourth-order valence-electron chi connectivity index (χ4n) is 6.49. The number of likely N-dealkylation sites (tertiary alicyclic amines) is 1. The number of carbonyl (C=O) groups excluding carboxylic acids is 4. The van der Waals surface area contributed by atoms with Gasteiger partial charge in [-0.05, 0) is 76.1 Å². The van der Waals surface area contributed by atoms with Gasteiger partial charge in [-0.15, -0.1) is 0 Å². The molecule has 2 saturated heterocycles. The maximum absolute atomic E-state index is 14.1. The summed E-state index contributed by atoms with van der Waals surface area (Å²) in [5.41, 5.74) is 1.33. The quantitative estimate of drug-likeness (QED) is 0.372. The van der Waals surface area contributed by atoms with Gasteiger partial charge >= 0.3 is 0 Å². The zero-order chi connectivity index (χ0) is 32.8. The number of ether oxygens (including phenoxy) is 1. The number of carbonyl (C=O) groups is 4. The van der Waals surface area contributed by atoms with Crippen molar-refractivity contribution in [2.75, 3.05) is 39.8 Å². The Morgan fingerprint density at radius 1 is 0.978 bits per heavy atom. The number of benzene rings is 2. The number of rotatable bonds is 12. The summed E-state index contributed by atoms with van der Waals surface area (Å²) in [6.45, 7) is 8.29. The van der Waals surface area contributed by atoms with E-state index in [9.17, 15) is 19.2 Å². The second kappa shape index (κ2) is 14.7. The van der Waals surface area contributed by atoms with Crippen molar-refractivity contribution in [3.05, 3.63) is 65.7 Å². The lowest BCUT2D eigenvalue weighted by Gasteiger charge is -2.41. The fourth-order valence-corrected chi connectivity index (χ4v) is 6.49.